The van der Waals surface area contributed by atoms with Crippen LogP contribution in [-0.2, 0) is 49.0 Å². The van der Waals surface area contributed by atoms with Gasteiger partial charge in [0.15, 0.2) is 32.4 Å². The van der Waals surface area contributed by atoms with Crippen molar-refractivity contribution >= 4 is 38.4 Å². The first-order valence-corrected chi connectivity index (χ1v) is 17.7. The Balaban J connectivity index is 2.61. The molecule has 1 aliphatic rings. The van der Waals surface area contributed by atoms with E-state index in [-0.39, 0.29) is 31.5 Å². The van der Waals surface area contributed by atoms with Crippen molar-refractivity contribution in [1.29, 1.82) is 0 Å². The largest absolute Gasteiger partial charge is 0.509 e. The zero-order valence-corrected chi connectivity index (χ0v) is 28.8. The lowest BCUT2D eigenvalue weighted by Crippen LogP contribution is -2.64. The summed E-state index contributed by atoms with van der Waals surface area (Å²) >= 11 is 0. The van der Waals surface area contributed by atoms with Gasteiger partial charge in [0, 0.05) is 6.07 Å². The molecule has 5 atom stereocenters. The van der Waals surface area contributed by atoms with Gasteiger partial charge in [-0.2, -0.15) is 0 Å². The second kappa shape index (κ2) is 18.0. The minimum Gasteiger partial charge on any atom is -0.479 e. The number of aliphatic carboxylic acids is 1. The molecule has 0 bridgehead atoms. The molecule has 1 heterocycles. The molecule has 1 N–H and O–H groups in total. The Hall–Kier alpha value is -4.94. The van der Waals surface area contributed by atoms with Crippen molar-refractivity contribution < 1.29 is 71.5 Å². The maximum Gasteiger partial charge on any atom is 0.509 e. The van der Waals surface area contributed by atoms with E-state index in [0.717, 1.165) is 0 Å². The van der Waals surface area contributed by atoms with Gasteiger partial charge in [-0.15, -0.1) is 0 Å². The molecule has 0 spiro atoms. The van der Waals surface area contributed by atoms with E-state index in [2.05, 4.69) is 19.7 Å². The number of hydrogen-bond donors (Lipinski definition) is 1. The smallest absolute Gasteiger partial charge is 0.479 e. The van der Waals surface area contributed by atoms with E-state index in [4.69, 9.17) is 42.3 Å². The van der Waals surface area contributed by atoms with Gasteiger partial charge in [-0.3, -0.25) is 10.1 Å². The minimum absolute atomic E-state index is 0.0449. The topological polar surface area (TPSA) is 215 Å². The van der Waals surface area contributed by atoms with Crippen LogP contribution < -0.4 is 4.74 Å². The molecule has 17 nitrogen and oxygen atoms in total. The predicted molar refractivity (Wildman–Crippen MR) is 171 cm³/mol. The normalized spacial score (nSPS) is 20.5. The Labute approximate surface area is 283 Å². The quantitative estimate of drug-likeness (QED) is 0.0565. The molecule has 18 heteroatoms. The van der Waals surface area contributed by atoms with Crippen molar-refractivity contribution in [2.75, 3.05) is 19.8 Å². The van der Waals surface area contributed by atoms with Crippen LogP contribution in [0.25, 0.3) is 0 Å². The van der Waals surface area contributed by atoms with Gasteiger partial charge in [-0.1, -0.05) is 64.8 Å². The maximum absolute atomic E-state index is 12.6. The third kappa shape index (κ3) is 11.6. The van der Waals surface area contributed by atoms with Crippen LogP contribution in [0, 0.1) is 10.1 Å². The maximum atomic E-state index is 12.6. The molecule has 1 aromatic carbocycles. The molecule has 5 unspecified atom stereocenters. The van der Waals surface area contributed by atoms with E-state index in [1.807, 2.05) is 33.9 Å². The average molecular weight is 712 g/mol. The summed E-state index contributed by atoms with van der Waals surface area (Å²) in [5.74, 6) is -2.22. The number of rotatable bonds is 16. The molecule has 1 aromatic rings. The fourth-order valence-corrected chi connectivity index (χ4v) is 4.77. The van der Waals surface area contributed by atoms with E-state index in [9.17, 15) is 34.4 Å². The van der Waals surface area contributed by atoms with Gasteiger partial charge in [-0.05, 0) is 29.8 Å². The highest BCUT2D eigenvalue weighted by atomic mass is 28.4. The fraction of sp³-hybridized carbons (Fsp3) is 0.484. The lowest BCUT2D eigenvalue weighted by Gasteiger charge is -2.42. The molecule has 0 saturated carbocycles. The van der Waals surface area contributed by atoms with Crippen molar-refractivity contribution in [3.05, 3.63) is 71.8 Å². The van der Waals surface area contributed by atoms with Gasteiger partial charge in [-0.25, -0.2) is 19.2 Å². The molecule has 1 aliphatic heterocycles. The number of carbonyl (C=O) groups is 4. The van der Waals surface area contributed by atoms with Crippen LogP contribution in [0.5, 0.6) is 5.75 Å². The lowest BCUT2D eigenvalue weighted by atomic mass is 9.98. The Kier molecular flexibility index (Phi) is 14.8. The number of hydrogen-bond acceptors (Lipinski definition) is 15. The number of nitro groups is 1. The number of nitro benzene ring substituents is 1. The minimum atomic E-state index is -2.24. The van der Waals surface area contributed by atoms with Crippen molar-refractivity contribution in [2.24, 2.45) is 0 Å². The molecule has 0 radical (unpaired) electrons. The molecule has 270 valence electrons. The summed E-state index contributed by atoms with van der Waals surface area (Å²) in [6.07, 6.45) is -11.0. The average Bonchev–Trinajstić information content (AvgIpc) is 3.02. The molecule has 0 amide bonds. The number of ether oxygens (including phenoxy) is 8. The van der Waals surface area contributed by atoms with Crippen LogP contribution in [0.2, 0.25) is 18.1 Å². The highest BCUT2D eigenvalue weighted by Gasteiger charge is 2.57. The van der Waals surface area contributed by atoms with Crippen molar-refractivity contribution in [3.8, 4) is 5.75 Å². The van der Waals surface area contributed by atoms with E-state index in [1.165, 1.54) is 36.4 Å². The van der Waals surface area contributed by atoms with Gasteiger partial charge in [0.25, 0.3) is 0 Å². The van der Waals surface area contributed by atoms with Gasteiger partial charge in [0.1, 0.15) is 19.8 Å². The third-order valence-corrected chi connectivity index (χ3v) is 11.7. The monoisotopic (exact) mass is 711 g/mol. The summed E-state index contributed by atoms with van der Waals surface area (Å²) in [4.78, 5) is 61.5. The zero-order chi connectivity index (χ0) is 36.9. The van der Waals surface area contributed by atoms with Crippen LogP contribution >= 0.6 is 0 Å². The first-order chi connectivity index (χ1) is 22.9. The van der Waals surface area contributed by atoms with E-state index >= 15 is 0 Å². The predicted octanol–water partition coefficient (Wildman–Crippen LogP) is 5.43. The van der Waals surface area contributed by atoms with Gasteiger partial charge in [0.2, 0.25) is 12.4 Å². The first kappa shape index (κ1) is 40.2. The highest BCUT2D eigenvalue weighted by Crippen LogP contribution is 2.38. The molecule has 0 aromatic heterocycles. The second-order valence-electron chi connectivity index (χ2n) is 11.8. The SMILES string of the molecule is C=CCOC(=O)OC1C(Oc2ccc(CO[Si](C)(C)C(C)(C)C)cc2[N+](=O)[O-])OC(C(=O)O)C(OC(=O)OCC=C)C1OC(=O)OCC=C. The molecule has 1 saturated heterocycles. The highest BCUT2D eigenvalue weighted by molar-refractivity contribution is 6.74. The number of carbonyl (C=O) groups excluding carboxylic acids is 3. The Morgan fingerprint density at radius 2 is 1.39 bits per heavy atom. The number of nitrogens with zero attached hydrogens (tertiary/aromatic N) is 1. The third-order valence-electron chi connectivity index (χ3n) is 7.26. The van der Waals surface area contributed by atoms with Gasteiger partial charge in [0.05, 0.1) is 11.5 Å². The Morgan fingerprint density at radius 3 is 1.84 bits per heavy atom. The van der Waals surface area contributed by atoms with E-state index in [1.54, 1.807) is 0 Å². The van der Waals surface area contributed by atoms with E-state index in [0.29, 0.717) is 5.56 Å². The van der Waals surface area contributed by atoms with Crippen molar-refractivity contribution in [3.63, 3.8) is 0 Å². The number of benzene rings is 1. The Morgan fingerprint density at radius 1 is 0.898 bits per heavy atom. The molecule has 1 fully saturated rings. The number of carboxylic acids is 1. The molecular weight excluding hydrogens is 670 g/mol. The standard InChI is InChI=1S/C31H41NO16Si/c1-9-14-40-28(35)46-22-23(47-29(36)41-15-10-2)25(48-30(37)42-16-11-3)27(45-24(22)26(33)34)44-21-13-12-19(17-20(21)32(38)39)18-43-49(7,8)31(4,5)6/h9-13,17,22-25,27H,1-3,14-16,18H2,4-8H3,(H,33,34). The molecular formula is C31H41NO16Si. The summed E-state index contributed by atoms with van der Waals surface area (Å²) in [6.45, 7) is 19.3. The van der Waals surface area contributed by atoms with Crippen LogP contribution in [0.15, 0.2) is 56.2 Å². The lowest BCUT2D eigenvalue weighted by molar-refractivity contribution is -0.387. The Bertz CT molecular complexity index is 1390. The summed E-state index contributed by atoms with van der Waals surface area (Å²) in [6, 6.07) is 3.87. The van der Waals surface area contributed by atoms with Crippen LogP contribution in [0.1, 0.15) is 26.3 Å². The second-order valence-corrected chi connectivity index (χ2v) is 16.6. The summed E-state index contributed by atoms with van der Waals surface area (Å²) < 4.78 is 47.7. The summed E-state index contributed by atoms with van der Waals surface area (Å²) in [5.41, 5.74) is -0.163. The zero-order valence-electron chi connectivity index (χ0n) is 27.8. The van der Waals surface area contributed by atoms with Gasteiger partial charge < -0.3 is 47.4 Å². The first-order valence-electron chi connectivity index (χ1n) is 14.7. The molecule has 2 rings (SSSR count). The van der Waals surface area contributed by atoms with Crippen LogP contribution in [-0.4, -0.2) is 93.3 Å². The molecule has 0 aliphatic carbocycles. The van der Waals surface area contributed by atoms with Crippen molar-refractivity contribution in [1.82, 2.24) is 0 Å². The fourth-order valence-electron chi connectivity index (χ4n) is 3.81. The van der Waals surface area contributed by atoms with Crippen molar-refractivity contribution in [2.45, 2.75) is 76.2 Å². The summed E-state index contributed by atoms with van der Waals surface area (Å²) in [7, 11) is -2.24. The number of carboxylic acid groups (broad SMARTS) is 1. The molecule has 49 heavy (non-hydrogen) atoms. The van der Waals surface area contributed by atoms with E-state index < -0.39 is 79.8 Å². The van der Waals surface area contributed by atoms with Crippen LogP contribution in [0.4, 0.5) is 20.1 Å². The van der Waals surface area contributed by atoms with Gasteiger partial charge >= 0.3 is 30.1 Å². The summed E-state index contributed by atoms with van der Waals surface area (Å²) in [5, 5.41) is 22.1. The van der Waals surface area contributed by atoms with Crippen LogP contribution in [0.3, 0.4) is 0 Å².